The molecule has 6 heteroatoms. The van der Waals surface area contributed by atoms with Gasteiger partial charge in [0.2, 0.25) is 5.88 Å². The molecule has 2 aromatic rings. The van der Waals surface area contributed by atoms with Gasteiger partial charge in [-0.1, -0.05) is 24.0 Å². The van der Waals surface area contributed by atoms with Crippen LogP contribution in [0.4, 0.5) is 4.39 Å². The molecule has 3 saturated heterocycles. The van der Waals surface area contributed by atoms with Crippen molar-refractivity contribution in [1.82, 2.24) is 9.88 Å². The molecule has 1 N–H and O–H groups in total. The van der Waals surface area contributed by atoms with Gasteiger partial charge < -0.3 is 14.6 Å². The third-order valence-corrected chi connectivity index (χ3v) is 5.91. The molecular formula is C24H27FN2O3. The van der Waals surface area contributed by atoms with Gasteiger partial charge in [0.05, 0.1) is 12.3 Å². The van der Waals surface area contributed by atoms with Crippen molar-refractivity contribution in [3.8, 4) is 17.7 Å². The number of halogens is 1. The normalized spacial score (nSPS) is 24.9. The minimum Gasteiger partial charge on any atom is -0.475 e. The Kier molecular flexibility index (Phi) is 6.33. The first kappa shape index (κ1) is 20.8. The molecule has 1 aromatic carbocycles. The third-order valence-electron chi connectivity index (χ3n) is 5.91. The zero-order valence-corrected chi connectivity index (χ0v) is 17.2. The van der Waals surface area contributed by atoms with E-state index in [1.54, 1.807) is 25.3 Å². The van der Waals surface area contributed by atoms with Crippen LogP contribution in [0.15, 0.2) is 36.4 Å². The van der Waals surface area contributed by atoms with Gasteiger partial charge in [-0.25, -0.2) is 9.37 Å². The molecule has 2 bridgehead atoms. The fourth-order valence-electron chi connectivity index (χ4n) is 4.19. The molecular weight excluding hydrogens is 383 g/mol. The number of pyridine rings is 1. The summed E-state index contributed by atoms with van der Waals surface area (Å²) in [6, 6.07) is 10.0. The van der Waals surface area contributed by atoms with E-state index in [-0.39, 0.29) is 11.7 Å². The van der Waals surface area contributed by atoms with Crippen LogP contribution in [0.5, 0.6) is 5.88 Å². The number of benzene rings is 1. The first-order valence-corrected chi connectivity index (χ1v) is 10.4. The van der Waals surface area contributed by atoms with Gasteiger partial charge in [-0.05, 0) is 49.7 Å². The predicted molar refractivity (Wildman–Crippen MR) is 112 cm³/mol. The van der Waals surface area contributed by atoms with Crippen molar-refractivity contribution >= 4 is 0 Å². The lowest BCUT2D eigenvalue weighted by Gasteiger charge is -2.47. The maximum atomic E-state index is 13.3. The Bertz CT molecular complexity index is 930. The monoisotopic (exact) mass is 410 g/mol. The molecule has 1 aromatic heterocycles. The lowest BCUT2D eigenvalue weighted by atomic mass is 9.75. The lowest BCUT2D eigenvalue weighted by molar-refractivity contribution is -0.0713. The van der Waals surface area contributed by atoms with E-state index in [2.05, 4.69) is 21.7 Å². The highest BCUT2D eigenvalue weighted by Gasteiger charge is 2.44. The molecule has 5 nitrogen and oxygen atoms in total. The Hall–Kier alpha value is -2.46. The molecule has 3 aliphatic rings. The van der Waals surface area contributed by atoms with Crippen molar-refractivity contribution in [3.63, 3.8) is 0 Å². The van der Waals surface area contributed by atoms with Crippen molar-refractivity contribution in [2.45, 2.75) is 24.9 Å². The molecule has 0 radical (unpaired) electrons. The zero-order valence-electron chi connectivity index (χ0n) is 17.2. The van der Waals surface area contributed by atoms with Crippen LogP contribution in [0.2, 0.25) is 0 Å². The molecule has 0 amide bonds. The van der Waals surface area contributed by atoms with Crippen LogP contribution in [-0.2, 0) is 11.2 Å². The van der Waals surface area contributed by atoms with Crippen LogP contribution in [0.25, 0.3) is 0 Å². The number of hydrogen-bond acceptors (Lipinski definition) is 5. The summed E-state index contributed by atoms with van der Waals surface area (Å²) in [5.41, 5.74) is 1.46. The van der Waals surface area contributed by atoms with Crippen molar-refractivity contribution in [3.05, 3.63) is 59.0 Å². The molecule has 158 valence electrons. The van der Waals surface area contributed by atoms with Gasteiger partial charge in [0, 0.05) is 37.6 Å². The van der Waals surface area contributed by atoms with E-state index in [0.717, 1.165) is 42.8 Å². The zero-order chi connectivity index (χ0) is 21.0. The van der Waals surface area contributed by atoms with Crippen molar-refractivity contribution in [2.75, 3.05) is 40.0 Å². The number of methoxy groups -OCH3 is 1. The van der Waals surface area contributed by atoms with Gasteiger partial charge in [0.1, 0.15) is 18.0 Å². The predicted octanol–water partition coefficient (Wildman–Crippen LogP) is 2.64. The lowest BCUT2D eigenvalue weighted by Crippen LogP contribution is -2.58. The van der Waals surface area contributed by atoms with Gasteiger partial charge in [0.25, 0.3) is 0 Å². The highest BCUT2D eigenvalue weighted by Crippen LogP contribution is 2.35. The minimum absolute atomic E-state index is 0.222. The number of piperidine rings is 3. The summed E-state index contributed by atoms with van der Waals surface area (Å²) in [6.45, 7) is 3.56. The fraction of sp³-hybridized carbons (Fsp3) is 0.458. The first-order valence-electron chi connectivity index (χ1n) is 10.4. The van der Waals surface area contributed by atoms with Gasteiger partial charge >= 0.3 is 0 Å². The minimum atomic E-state index is -0.975. The van der Waals surface area contributed by atoms with E-state index < -0.39 is 5.60 Å². The fourth-order valence-corrected chi connectivity index (χ4v) is 4.19. The Morgan fingerprint density at radius 2 is 1.93 bits per heavy atom. The summed E-state index contributed by atoms with van der Waals surface area (Å²) in [7, 11) is 1.62. The Balaban J connectivity index is 1.60. The number of aliphatic hydroxyl groups is 1. The molecule has 30 heavy (non-hydrogen) atoms. The first-order chi connectivity index (χ1) is 14.6. The Morgan fingerprint density at radius 1 is 1.17 bits per heavy atom. The van der Waals surface area contributed by atoms with E-state index in [1.165, 1.54) is 12.1 Å². The molecule has 3 fully saturated rings. The SMILES string of the molecule is COCCOc1ccc(C#CC2(O)CN3CCC2CC3)c(Cc2ccc(F)cc2)n1. The average Bonchev–Trinajstić information content (AvgIpc) is 2.76. The van der Waals surface area contributed by atoms with Gasteiger partial charge in [0.15, 0.2) is 0 Å². The maximum Gasteiger partial charge on any atom is 0.213 e. The number of nitrogens with zero attached hydrogens (tertiary/aromatic N) is 2. The van der Waals surface area contributed by atoms with Crippen molar-refractivity contribution in [1.29, 1.82) is 0 Å². The summed E-state index contributed by atoms with van der Waals surface area (Å²) in [5, 5.41) is 11.1. The Morgan fingerprint density at radius 3 is 2.60 bits per heavy atom. The van der Waals surface area contributed by atoms with Crippen LogP contribution in [0, 0.1) is 23.6 Å². The summed E-state index contributed by atoms with van der Waals surface area (Å²) >= 11 is 0. The average molecular weight is 410 g/mol. The topological polar surface area (TPSA) is 54.8 Å². The van der Waals surface area contributed by atoms with Crippen LogP contribution >= 0.6 is 0 Å². The second-order valence-corrected chi connectivity index (χ2v) is 8.01. The van der Waals surface area contributed by atoms with Crippen molar-refractivity contribution < 1.29 is 19.0 Å². The summed E-state index contributed by atoms with van der Waals surface area (Å²) in [6.07, 6.45) is 2.47. The van der Waals surface area contributed by atoms with Crippen LogP contribution in [0.1, 0.15) is 29.7 Å². The molecule has 1 atom stereocenters. The standard InChI is InChI=1S/C24H27FN2O3/c1-29-14-15-30-23-7-4-19(22(26-23)16-18-2-5-21(25)6-3-18)8-11-24(28)17-27-12-9-20(24)10-13-27/h2-7,20,28H,9-10,12-17H2,1H3. The second kappa shape index (κ2) is 9.13. The van der Waals surface area contributed by atoms with Gasteiger partial charge in [-0.15, -0.1) is 0 Å². The molecule has 0 aliphatic carbocycles. The van der Waals surface area contributed by atoms with Crippen LogP contribution in [0.3, 0.4) is 0 Å². The molecule has 4 heterocycles. The van der Waals surface area contributed by atoms with E-state index in [1.807, 2.05) is 6.07 Å². The summed E-state index contributed by atoms with van der Waals surface area (Å²) < 4.78 is 24.0. The number of ether oxygens (including phenoxy) is 2. The summed E-state index contributed by atoms with van der Waals surface area (Å²) in [5.74, 6) is 6.80. The molecule has 5 rings (SSSR count). The summed E-state index contributed by atoms with van der Waals surface area (Å²) in [4.78, 5) is 6.91. The van der Waals surface area contributed by atoms with Crippen LogP contribution < -0.4 is 4.74 Å². The molecule has 0 spiro atoms. The Labute approximate surface area is 176 Å². The number of hydrogen-bond donors (Lipinski definition) is 1. The number of rotatable bonds is 6. The van der Waals surface area contributed by atoms with Crippen molar-refractivity contribution in [2.24, 2.45) is 5.92 Å². The quantitative estimate of drug-likeness (QED) is 0.586. The van der Waals surface area contributed by atoms with Gasteiger partial charge in [-0.2, -0.15) is 0 Å². The largest absolute Gasteiger partial charge is 0.475 e. The molecule has 3 aliphatic heterocycles. The van der Waals surface area contributed by atoms with E-state index in [9.17, 15) is 9.50 Å². The van der Waals surface area contributed by atoms with E-state index in [4.69, 9.17) is 9.47 Å². The maximum absolute atomic E-state index is 13.3. The third kappa shape index (κ3) is 4.81. The second-order valence-electron chi connectivity index (χ2n) is 8.01. The number of aromatic nitrogens is 1. The van der Waals surface area contributed by atoms with Crippen LogP contribution in [-0.4, -0.2) is 60.5 Å². The van der Waals surface area contributed by atoms with E-state index >= 15 is 0 Å². The highest BCUT2D eigenvalue weighted by atomic mass is 19.1. The highest BCUT2D eigenvalue weighted by molar-refractivity contribution is 5.44. The molecule has 0 saturated carbocycles. The van der Waals surface area contributed by atoms with E-state index in [0.29, 0.717) is 32.1 Å². The smallest absolute Gasteiger partial charge is 0.213 e. The van der Waals surface area contributed by atoms with Gasteiger partial charge in [-0.3, -0.25) is 4.90 Å². The molecule has 1 unspecified atom stereocenters. The number of fused-ring (bicyclic) bond motifs is 3.